The summed E-state index contributed by atoms with van der Waals surface area (Å²) in [6, 6.07) is 0.349. The third kappa shape index (κ3) is 4.11. The molecule has 0 spiro atoms. The molecule has 2 N–H and O–H groups in total. The number of nitrogens with zero attached hydrogens (tertiary/aromatic N) is 1. The summed E-state index contributed by atoms with van der Waals surface area (Å²) in [5.74, 6) is -0.751. The van der Waals surface area contributed by atoms with Gasteiger partial charge in [0.2, 0.25) is 0 Å². The van der Waals surface area contributed by atoms with E-state index in [1.807, 2.05) is 4.90 Å². The van der Waals surface area contributed by atoms with Crippen LogP contribution < -0.4 is 5.32 Å². The second-order valence-corrected chi connectivity index (χ2v) is 6.69. The van der Waals surface area contributed by atoms with Crippen LogP contribution in [-0.2, 0) is 4.79 Å². The number of aliphatic carboxylic acids is 1. The number of carboxylic acid groups (broad SMARTS) is 1. The highest BCUT2D eigenvalue weighted by Gasteiger charge is 2.36. The monoisotopic (exact) mass is 296 g/mol. The van der Waals surface area contributed by atoms with Crippen LogP contribution in [0.15, 0.2) is 0 Å². The number of urea groups is 1. The van der Waals surface area contributed by atoms with Crippen molar-refractivity contribution in [1.29, 1.82) is 0 Å². The van der Waals surface area contributed by atoms with E-state index in [0.717, 1.165) is 51.5 Å². The number of nitrogens with one attached hydrogen (secondary N) is 1. The largest absolute Gasteiger partial charge is 0.481 e. The Kier molecular flexibility index (Phi) is 5.48. The molecule has 5 nitrogen and oxygen atoms in total. The molecule has 21 heavy (non-hydrogen) atoms. The highest BCUT2D eigenvalue weighted by molar-refractivity contribution is 5.75. The molecule has 2 aliphatic rings. The average Bonchev–Trinajstić information content (AvgIpc) is 2.93. The molecule has 1 atom stereocenters. The van der Waals surface area contributed by atoms with Gasteiger partial charge in [0.05, 0.1) is 6.42 Å². The van der Waals surface area contributed by atoms with E-state index in [9.17, 15) is 9.59 Å². The fraction of sp³-hybridized carbons (Fsp3) is 0.875. The third-order valence-corrected chi connectivity index (χ3v) is 5.16. The molecule has 1 heterocycles. The Bertz CT molecular complexity index is 378. The van der Waals surface area contributed by atoms with Gasteiger partial charge in [-0.25, -0.2) is 4.79 Å². The Morgan fingerprint density at radius 3 is 2.57 bits per heavy atom. The second-order valence-electron chi connectivity index (χ2n) is 6.69. The van der Waals surface area contributed by atoms with Gasteiger partial charge < -0.3 is 15.3 Å². The predicted octanol–water partition coefficient (Wildman–Crippen LogP) is 3.00. The van der Waals surface area contributed by atoms with Gasteiger partial charge in [-0.1, -0.05) is 26.2 Å². The summed E-state index contributed by atoms with van der Waals surface area (Å²) in [5, 5.41) is 12.2. The minimum absolute atomic E-state index is 0.00492. The zero-order valence-electron chi connectivity index (χ0n) is 13.1. The van der Waals surface area contributed by atoms with Crippen molar-refractivity contribution in [3.8, 4) is 0 Å². The van der Waals surface area contributed by atoms with Crippen LogP contribution in [0.3, 0.4) is 0 Å². The van der Waals surface area contributed by atoms with E-state index in [1.54, 1.807) is 0 Å². The molecule has 2 amide bonds. The van der Waals surface area contributed by atoms with Gasteiger partial charge in [-0.05, 0) is 37.5 Å². The summed E-state index contributed by atoms with van der Waals surface area (Å²) in [6.07, 6.45) is 8.48. The highest BCUT2D eigenvalue weighted by Crippen LogP contribution is 2.38. The average molecular weight is 296 g/mol. The van der Waals surface area contributed by atoms with E-state index in [2.05, 4.69) is 12.2 Å². The predicted molar refractivity (Wildman–Crippen MR) is 81.2 cm³/mol. The summed E-state index contributed by atoms with van der Waals surface area (Å²) in [6.45, 7) is 3.45. The Balaban J connectivity index is 1.91. The molecule has 0 bridgehead atoms. The molecule has 0 aromatic rings. The van der Waals surface area contributed by atoms with Crippen molar-refractivity contribution in [2.24, 2.45) is 5.41 Å². The Hall–Kier alpha value is -1.26. The summed E-state index contributed by atoms with van der Waals surface area (Å²) < 4.78 is 0. The van der Waals surface area contributed by atoms with Crippen molar-refractivity contribution >= 4 is 12.0 Å². The standard InChI is InChI=1S/C16H28N2O3/c1-2-13-7-6-10-18(13)15(21)17-12-16(11-14(19)20)8-4-3-5-9-16/h13H,2-12H2,1H3,(H,17,21)(H,19,20). The normalized spacial score (nSPS) is 24.8. The number of carbonyl (C=O) groups excluding carboxylic acids is 1. The topological polar surface area (TPSA) is 69.6 Å². The molecular weight excluding hydrogens is 268 g/mol. The van der Waals surface area contributed by atoms with Gasteiger partial charge >= 0.3 is 12.0 Å². The number of likely N-dealkylation sites (tertiary alicyclic amines) is 1. The van der Waals surface area contributed by atoms with Gasteiger partial charge in [0, 0.05) is 19.1 Å². The van der Waals surface area contributed by atoms with E-state index < -0.39 is 5.97 Å². The van der Waals surface area contributed by atoms with Gasteiger partial charge in [-0.15, -0.1) is 0 Å². The van der Waals surface area contributed by atoms with Crippen molar-refractivity contribution in [3.05, 3.63) is 0 Å². The van der Waals surface area contributed by atoms with Crippen LogP contribution in [0.25, 0.3) is 0 Å². The Labute approximate surface area is 127 Å². The van der Waals surface area contributed by atoms with Gasteiger partial charge in [0.15, 0.2) is 0 Å². The summed E-state index contributed by atoms with van der Waals surface area (Å²) in [5.41, 5.74) is -0.235. The van der Waals surface area contributed by atoms with E-state index in [-0.39, 0.29) is 17.9 Å². The lowest BCUT2D eigenvalue weighted by atomic mass is 9.72. The Morgan fingerprint density at radius 2 is 1.95 bits per heavy atom. The Morgan fingerprint density at radius 1 is 1.24 bits per heavy atom. The number of carbonyl (C=O) groups is 2. The van der Waals surface area contributed by atoms with E-state index in [4.69, 9.17) is 5.11 Å². The molecule has 120 valence electrons. The molecule has 2 fully saturated rings. The van der Waals surface area contributed by atoms with Crippen LogP contribution in [0.5, 0.6) is 0 Å². The zero-order chi connectivity index (χ0) is 15.3. The fourth-order valence-corrected chi connectivity index (χ4v) is 3.93. The second kappa shape index (κ2) is 7.14. The van der Waals surface area contributed by atoms with Gasteiger partial charge in [-0.3, -0.25) is 4.79 Å². The molecule has 1 saturated heterocycles. The molecule has 2 rings (SSSR count). The van der Waals surface area contributed by atoms with Gasteiger partial charge in [-0.2, -0.15) is 0 Å². The first-order valence-corrected chi connectivity index (χ1v) is 8.32. The smallest absolute Gasteiger partial charge is 0.317 e. The SMILES string of the molecule is CCC1CCCN1C(=O)NCC1(CC(=O)O)CCCCC1. The minimum atomic E-state index is -0.751. The number of carboxylic acids is 1. The van der Waals surface area contributed by atoms with Crippen molar-refractivity contribution < 1.29 is 14.7 Å². The number of hydrogen-bond donors (Lipinski definition) is 2. The maximum absolute atomic E-state index is 12.4. The van der Waals surface area contributed by atoms with Crippen molar-refractivity contribution in [2.75, 3.05) is 13.1 Å². The first-order valence-electron chi connectivity index (χ1n) is 8.32. The van der Waals surface area contributed by atoms with Crippen molar-refractivity contribution in [1.82, 2.24) is 10.2 Å². The maximum Gasteiger partial charge on any atom is 0.317 e. The fourth-order valence-electron chi connectivity index (χ4n) is 3.93. The van der Waals surface area contributed by atoms with E-state index in [0.29, 0.717) is 12.6 Å². The van der Waals surface area contributed by atoms with E-state index in [1.165, 1.54) is 6.42 Å². The molecule has 1 saturated carbocycles. The van der Waals surface area contributed by atoms with Crippen LogP contribution in [0.4, 0.5) is 4.79 Å². The minimum Gasteiger partial charge on any atom is -0.481 e. The van der Waals surface area contributed by atoms with Crippen LogP contribution in [-0.4, -0.2) is 41.1 Å². The third-order valence-electron chi connectivity index (χ3n) is 5.16. The number of amides is 2. The van der Waals surface area contributed by atoms with Gasteiger partial charge in [0.25, 0.3) is 0 Å². The lowest BCUT2D eigenvalue weighted by Gasteiger charge is -2.37. The van der Waals surface area contributed by atoms with Crippen molar-refractivity contribution in [3.63, 3.8) is 0 Å². The molecule has 1 aliphatic carbocycles. The first-order chi connectivity index (χ1) is 10.1. The summed E-state index contributed by atoms with van der Waals surface area (Å²) >= 11 is 0. The van der Waals surface area contributed by atoms with Gasteiger partial charge in [0.1, 0.15) is 0 Å². The number of hydrogen-bond acceptors (Lipinski definition) is 2. The lowest BCUT2D eigenvalue weighted by Crippen LogP contribution is -2.47. The van der Waals surface area contributed by atoms with E-state index >= 15 is 0 Å². The first kappa shape index (κ1) is 16.1. The summed E-state index contributed by atoms with van der Waals surface area (Å²) in [7, 11) is 0. The van der Waals surface area contributed by atoms with Crippen LogP contribution in [0.2, 0.25) is 0 Å². The molecule has 1 unspecified atom stereocenters. The molecular formula is C16H28N2O3. The molecule has 1 aliphatic heterocycles. The molecule has 0 radical (unpaired) electrons. The molecule has 0 aromatic carbocycles. The number of rotatable bonds is 5. The molecule has 0 aromatic heterocycles. The van der Waals surface area contributed by atoms with Crippen LogP contribution in [0.1, 0.15) is 64.7 Å². The lowest BCUT2D eigenvalue weighted by molar-refractivity contribution is -0.140. The highest BCUT2D eigenvalue weighted by atomic mass is 16.4. The molecule has 5 heteroatoms. The van der Waals surface area contributed by atoms with Crippen molar-refractivity contribution in [2.45, 2.75) is 70.8 Å². The maximum atomic E-state index is 12.4. The van der Waals surface area contributed by atoms with Crippen LogP contribution >= 0.6 is 0 Å². The zero-order valence-corrected chi connectivity index (χ0v) is 13.1. The summed E-state index contributed by atoms with van der Waals surface area (Å²) in [4.78, 5) is 25.4. The van der Waals surface area contributed by atoms with Crippen LogP contribution in [0, 0.1) is 5.41 Å². The quantitative estimate of drug-likeness (QED) is 0.819.